The molecular weight excluding hydrogens is 831 g/mol. The lowest BCUT2D eigenvalue weighted by atomic mass is 9.85. The fourth-order valence-corrected chi connectivity index (χ4v) is 15.0. The summed E-state index contributed by atoms with van der Waals surface area (Å²) in [6.45, 7) is 15.6. The molecule has 0 saturated heterocycles. The number of fused-ring (bicyclic) bond motifs is 1. The van der Waals surface area contributed by atoms with Gasteiger partial charge < -0.3 is 9.16 Å². The Hall–Kier alpha value is -5.71. The number of aromatic nitrogens is 1. The molecule has 0 amide bonds. The molecule has 318 valence electrons. The lowest BCUT2D eigenvalue weighted by Crippen LogP contribution is -2.66. The van der Waals surface area contributed by atoms with Gasteiger partial charge in [-0.15, -0.1) is 0 Å². The number of nitro benzene ring substituents is 1. The van der Waals surface area contributed by atoms with Crippen LogP contribution in [0, 0.1) is 17.0 Å². The highest BCUT2D eigenvalue weighted by atomic mass is 32.2. The lowest BCUT2D eigenvalue weighted by molar-refractivity contribution is -0.384. The number of nitro groups is 1. The minimum absolute atomic E-state index is 0.00766. The summed E-state index contributed by atoms with van der Waals surface area (Å²) in [5.74, 6) is -2.14. The summed E-state index contributed by atoms with van der Waals surface area (Å²) in [6, 6.07) is 34.3. The summed E-state index contributed by atoms with van der Waals surface area (Å²) in [5.41, 5.74) is 2.00. The third-order valence-electron chi connectivity index (χ3n) is 10.7. The highest BCUT2D eigenvalue weighted by Gasteiger charge is 2.50. The van der Waals surface area contributed by atoms with Crippen LogP contribution in [0.15, 0.2) is 156 Å². The van der Waals surface area contributed by atoms with E-state index in [9.17, 15) is 31.7 Å². The minimum Gasteiger partial charge on any atom is -0.465 e. The average Bonchev–Trinajstić information content (AvgIpc) is 3.62. The van der Waals surface area contributed by atoms with Gasteiger partial charge in [-0.1, -0.05) is 123 Å². The molecule has 5 aromatic carbocycles. The smallest absolute Gasteiger partial charge is 0.325 e. The predicted molar refractivity (Wildman–Crippen MR) is 240 cm³/mol. The van der Waals surface area contributed by atoms with Gasteiger partial charge in [-0.05, 0) is 77.6 Å². The molecule has 6 rings (SSSR count). The number of nitrogens with zero attached hydrogens (tertiary/aromatic N) is 2. The second-order valence-corrected chi connectivity index (χ2v) is 23.7. The third-order valence-corrected chi connectivity index (χ3v) is 18.9. The molecular formula is C46H49N3O9S2Si. The topological polar surface area (TPSA) is 164 Å². The number of rotatable bonds is 16. The zero-order chi connectivity index (χ0) is 44.3. The van der Waals surface area contributed by atoms with Crippen molar-refractivity contribution < 1.29 is 35.7 Å². The van der Waals surface area contributed by atoms with E-state index in [0.29, 0.717) is 16.5 Å². The van der Waals surface area contributed by atoms with Crippen molar-refractivity contribution in [3.05, 3.63) is 173 Å². The first kappa shape index (κ1) is 44.8. The number of nitrogens with one attached hydrogen (secondary N) is 1. The van der Waals surface area contributed by atoms with Crippen LogP contribution in [0.5, 0.6) is 0 Å². The highest BCUT2D eigenvalue weighted by molar-refractivity contribution is 7.90. The lowest BCUT2D eigenvalue weighted by Gasteiger charge is -2.43. The predicted octanol–water partition coefficient (Wildman–Crippen LogP) is 7.74. The first-order valence-electron chi connectivity index (χ1n) is 19.6. The number of aryl methyl sites for hydroxylation is 1. The van der Waals surface area contributed by atoms with E-state index < -0.39 is 56.3 Å². The Bertz CT molecular complexity index is 2750. The quantitative estimate of drug-likeness (QED) is 0.0337. The van der Waals surface area contributed by atoms with Gasteiger partial charge in [0.05, 0.1) is 33.4 Å². The molecule has 12 nitrogen and oxygen atoms in total. The number of carbonyl (C=O) groups is 1. The molecule has 0 unspecified atom stereocenters. The van der Waals surface area contributed by atoms with E-state index in [2.05, 4.69) is 56.3 Å². The van der Waals surface area contributed by atoms with Crippen LogP contribution < -0.4 is 15.1 Å². The molecule has 0 saturated carbocycles. The van der Waals surface area contributed by atoms with Crippen molar-refractivity contribution in [2.45, 2.75) is 74.9 Å². The standard InChI is InChI=1S/C46H49N3O9S2Si/c1-8-57-45(50)44(47-59(53,54)36-28-24-35(25-29-36)49(51)52)42(32(2)3)40-30-48(60(55,56)37-26-22-33(4)23-27-37)41-21-15-16-34(43(40)41)31-58-61(46(5,6)7,38-17-11-9-12-18-38)39-19-13-10-14-20-39/h9-30,42,44,47H,2,8,31H2,1,3-7H3/t42-,44+/m1/s1. The molecule has 0 aliphatic carbocycles. The summed E-state index contributed by atoms with van der Waals surface area (Å²) in [5, 5.41) is 13.4. The highest BCUT2D eigenvalue weighted by Crippen LogP contribution is 2.41. The molecule has 2 atom stereocenters. The largest absolute Gasteiger partial charge is 0.465 e. The van der Waals surface area contributed by atoms with Gasteiger partial charge in [0.25, 0.3) is 24.0 Å². The van der Waals surface area contributed by atoms with Gasteiger partial charge in [0.1, 0.15) is 6.04 Å². The van der Waals surface area contributed by atoms with Gasteiger partial charge in [-0.25, -0.2) is 20.8 Å². The second-order valence-electron chi connectivity index (χ2n) is 15.9. The SMILES string of the molecule is C=C(C)[C@H](c1cn(S(=O)(=O)c2ccc(C)cc2)c2cccc(CO[Si](c3ccccc3)(c3ccccc3)C(C)(C)C)c12)[C@H](NS(=O)(=O)c1ccc([N+](=O)[O-])cc1)C(=O)OCC. The van der Waals surface area contributed by atoms with Crippen molar-refractivity contribution in [2.75, 3.05) is 6.61 Å². The van der Waals surface area contributed by atoms with E-state index in [1.807, 2.05) is 49.4 Å². The van der Waals surface area contributed by atoms with Gasteiger partial charge >= 0.3 is 5.97 Å². The number of esters is 1. The summed E-state index contributed by atoms with van der Waals surface area (Å²) >= 11 is 0. The van der Waals surface area contributed by atoms with Crippen molar-refractivity contribution in [3.63, 3.8) is 0 Å². The van der Waals surface area contributed by atoms with Gasteiger partial charge in [0.2, 0.25) is 10.0 Å². The first-order valence-corrected chi connectivity index (χ1v) is 24.5. The Morgan fingerprint density at radius 1 is 0.836 bits per heavy atom. The van der Waals surface area contributed by atoms with E-state index in [1.54, 1.807) is 38.1 Å². The zero-order valence-corrected chi connectivity index (χ0v) is 37.5. The molecule has 0 radical (unpaired) electrons. The van der Waals surface area contributed by atoms with Gasteiger partial charge in [0, 0.05) is 29.6 Å². The maximum atomic E-state index is 14.7. The minimum atomic E-state index is -4.55. The number of benzene rings is 5. The molecule has 61 heavy (non-hydrogen) atoms. The Morgan fingerprint density at radius 3 is 1.90 bits per heavy atom. The van der Waals surface area contributed by atoms with E-state index >= 15 is 0 Å². The number of carbonyl (C=O) groups excluding carboxylic acids is 1. The van der Waals surface area contributed by atoms with Crippen molar-refractivity contribution >= 4 is 61.3 Å². The number of ether oxygens (including phenoxy) is 1. The van der Waals surface area contributed by atoms with Crippen LogP contribution in [-0.2, 0) is 40.6 Å². The zero-order valence-electron chi connectivity index (χ0n) is 34.9. The fraction of sp³-hybridized carbons (Fsp3) is 0.239. The van der Waals surface area contributed by atoms with Gasteiger partial charge in [0.15, 0.2) is 0 Å². The summed E-state index contributed by atoms with van der Waals surface area (Å²) in [7, 11) is -12.0. The summed E-state index contributed by atoms with van der Waals surface area (Å²) in [4.78, 5) is 24.4. The van der Waals surface area contributed by atoms with E-state index in [4.69, 9.17) is 9.16 Å². The Morgan fingerprint density at radius 2 is 1.39 bits per heavy atom. The molecule has 0 fully saturated rings. The molecule has 15 heteroatoms. The fourth-order valence-electron chi connectivity index (χ4n) is 7.89. The molecule has 0 aliphatic rings. The van der Waals surface area contributed by atoms with Gasteiger partial charge in [-0.2, -0.15) is 4.72 Å². The first-order chi connectivity index (χ1) is 28.8. The van der Waals surface area contributed by atoms with Crippen LogP contribution in [0.3, 0.4) is 0 Å². The second kappa shape index (κ2) is 17.7. The van der Waals surface area contributed by atoms with E-state index in [1.165, 1.54) is 18.3 Å². The molecule has 1 aromatic heterocycles. The molecule has 6 aromatic rings. The molecule has 0 spiro atoms. The number of sulfonamides is 1. The van der Waals surface area contributed by atoms with Crippen LogP contribution >= 0.6 is 0 Å². The molecule has 0 bridgehead atoms. The monoisotopic (exact) mass is 879 g/mol. The van der Waals surface area contributed by atoms with Crippen molar-refractivity contribution in [1.82, 2.24) is 8.69 Å². The van der Waals surface area contributed by atoms with Crippen molar-refractivity contribution in [1.29, 1.82) is 0 Å². The number of hydrogen-bond donors (Lipinski definition) is 1. The van der Waals surface area contributed by atoms with Crippen LogP contribution in [-0.4, -0.2) is 52.7 Å². The molecule has 1 N–H and O–H groups in total. The Kier molecular flexibility index (Phi) is 13.0. The number of hydrogen-bond acceptors (Lipinski definition) is 9. The molecule has 0 aliphatic heterocycles. The average molecular weight is 880 g/mol. The summed E-state index contributed by atoms with van der Waals surface area (Å²) in [6.07, 6.45) is 1.41. The van der Waals surface area contributed by atoms with Crippen LogP contribution in [0.4, 0.5) is 5.69 Å². The van der Waals surface area contributed by atoms with Crippen LogP contribution in [0.1, 0.15) is 57.2 Å². The van der Waals surface area contributed by atoms with Gasteiger partial charge in [-0.3, -0.25) is 14.9 Å². The Balaban J connectivity index is 1.60. The van der Waals surface area contributed by atoms with Crippen LogP contribution in [0.2, 0.25) is 5.04 Å². The van der Waals surface area contributed by atoms with E-state index in [0.717, 1.165) is 44.2 Å². The van der Waals surface area contributed by atoms with E-state index in [-0.39, 0.29) is 39.8 Å². The summed E-state index contributed by atoms with van der Waals surface area (Å²) < 4.78 is 73.9. The van der Waals surface area contributed by atoms with Crippen LogP contribution in [0.25, 0.3) is 10.9 Å². The maximum Gasteiger partial charge on any atom is 0.325 e. The Labute approximate surface area is 358 Å². The third kappa shape index (κ3) is 8.88. The van der Waals surface area contributed by atoms with Crippen molar-refractivity contribution in [2.24, 2.45) is 0 Å². The number of non-ortho nitro benzene ring substituents is 1. The normalized spacial score (nSPS) is 13.4. The maximum absolute atomic E-state index is 14.7. The molecule has 1 heterocycles. The van der Waals surface area contributed by atoms with Crippen molar-refractivity contribution in [3.8, 4) is 0 Å².